The molecule has 0 radical (unpaired) electrons. The number of benzene rings is 1. The number of aliphatic hydroxyl groups is 1. The minimum atomic E-state index is -0.787. The number of halogens is 1. The van der Waals surface area contributed by atoms with Crippen molar-refractivity contribution < 1.29 is 14.2 Å². The molecule has 0 bridgehead atoms. The van der Waals surface area contributed by atoms with E-state index in [1.807, 2.05) is 0 Å². The highest BCUT2D eigenvalue weighted by atomic mass is 19.1. The maximum absolute atomic E-state index is 13.4. The molecule has 1 atom stereocenters. The van der Waals surface area contributed by atoms with E-state index in [0.717, 1.165) is 6.42 Å². The Morgan fingerprint density at radius 2 is 2.00 bits per heavy atom. The lowest BCUT2D eigenvalue weighted by atomic mass is 10.1. The van der Waals surface area contributed by atoms with Crippen molar-refractivity contribution in [3.05, 3.63) is 29.6 Å². The molecule has 0 unspecified atom stereocenters. The highest BCUT2D eigenvalue weighted by Gasteiger charge is 2.08. The van der Waals surface area contributed by atoms with Crippen LogP contribution in [0.15, 0.2) is 18.2 Å². The first-order valence-corrected chi connectivity index (χ1v) is 5.61. The molecule has 1 rings (SSSR count). The van der Waals surface area contributed by atoms with Crippen molar-refractivity contribution in [3.63, 3.8) is 0 Å². The topological polar surface area (TPSA) is 29.5 Å². The first-order valence-electron chi connectivity index (χ1n) is 5.61. The summed E-state index contributed by atoms with van der Waals surface area (Å²) in [6.07, 6.45) is 0.157. The largest absolute Gasteiger partial charge is 0.493 e. The Kier molecular flexibility index (Phi) is 4.74. The molecule has 1 N–H and O–H groups in total. The molecule has 0 aliphatic carbocycles. The van der Waals surface area contributed by atoms with Gasteiger partial charge in [-0.2, -0.15) is 0 Å². The van der Waals surface area contributed by atoms with Crippen molar-refractivity contribution in [2.45, 2.75) is 33.3 Å². The fraction of sp³-hybridized carbons (Fsp3) is 0.538. The number of ether oxygens (including phenoxy) is 1. The summed E-state index contributed by atoms with van der Waals surface area (Å²) >= 11 is 0. The van der Waals surface area contributed by atoms with Gasteiger partial charge in [0.05, 0.1) is 12.7 Å². The third-order valence-electron chi connectivity index (χ3n) is 2.39. The van der Waals surface area contributed by atoms with Crippen LogP contribution in [-0.2, 0) is 0 Å². The van der Waals surface area contributed by atoms with E-state index in [-0.39, 0.29) is 0 Å². The molecule has 2 nitrogen and oxygen atoms in total. The smallest absolute Gasteiger partial charge is 0.132 e. The van der Waals surface area contributed by atoms with Gasteiger partial charge in [-0.3, -0.25) is 0 Å². The minimum Gasteiger partial charge on any atom is -0.493 e. The zero-order valence-corrected chi connectivity index (χ0v) is 10.0. The molecule has 0 aliphatic heterocycles. The van der Waals surface area contributed by atoms with Crippen molar-refractivity contribution in [1.29, 1.82) is 0 Å². The van der Waals surface area contributed by atoms with Crippen LogP contribution in [0.3, 0.4) is 0 Å². The average molecular weight is 226 g/mol. The lowest BCUT2D eigenvalue weighted by molar-refractivity contribution is 0.194. The van der Waals surface area contributed by atoms with Crippen molar-refractivity contribution in [2.75, 3.05) is 6.61 Å². The lowest BCUT2D eigenvalue weighted by Crippen LogP contribution is -2.02. The second-order valence-corrected chi connectivity index (χ2v) is 4.39. The van der Waals surface area contributed by atoms with Crippen molar-refractivity contribution in [2.24, 2.45) is 5.92 Å². The molecule has 0 fully saturated rings. The standard InChI is InChI=1S/C13H19FO2/c1-9(2)6-7-16-11-4-5-12(10(3)15)13(14)8-11/h4-5,8-10,15H,6-7H2,1-3H3/t10-/m0/s1. The van der Waals surface area contributed by atoms with Crippen LogP contribution in [0.1, 0.15) is 38.9 Å². The summed E-state index contributed by atoms with van der Waals surface area (Å²) in [6.45, 7) is 6.35. The molecule has 90 valence electrons. The summed E-state index contributed by atoms with van der Waals surface area (Å²) in [5, 5.41) is 9.26. The van der Waals surface area contributed by atoms with E-state index in [0.29, 0.717) is 23.8 Å². The predicted molar refractivity (Wildman–Crippen MR) is 62.0 cm³/mol. The zero-order chi connectivity index (χ0) is 12.1. The second-order valence-electron chi connectivity index (χ2n) is 4.39. The Labute approximate surface area is 96.1 Å². The van der Waals surface area contributed by atoms with Gasteiger partial charge in [0.25, 0.3) is 0 Å². The Morgan fingerprint density at radius 1 is 1.31 bits per heavy atom. The molecule has 1 aromatic carbocycles. The third-order valence-corrected chi connectivity index (χ3v) is 2.39. The van der Waals surface area contributed by atoms with Gasteiger partial charge in [-0.25, -0.2) is 4.39 Å². The Balaban J connectivity index is 2.59. The van der Waals surface area contributed by atoms with Gasteiger partial charge in [-0.05, 0) is 31.4 Å². The fourth-order valence-electron chi connectivity index (χ4n) is 1.35. The third kappa shape index (κ3) is 3.81. The monoisotopic (exact) mass is 226 g/mol. The maximum Gasteiger partial charge on any atom is 0.132 e. The van der Waals surface area contributed by atoms with Gasteiger partial charge in [0, 0.05) is 11.6 Å². The van der Waals surface area contributed by atoms with Crippen LogP contribution in [0.2, 0.25) is 0 Å². The van der Waals surface area contributed by atoms with Crippen LogP contribution in [0.5, 0.6) is 5.75 Å². The van der Waals surface area contributed by atoms with Crippen LogP contribution in [0.4, 0.5) is 4.39 Å². The van der Waals surface area contributed by atoms with Crippen LogP contribution in [0.25, 0.3) is 0 Å². The SMILES string of the molecule is CC(C)CCOc1ccc([C@H](C)O)c(F)c1. The normalized spacial score (nSPS) is 12.9. The molecule has 0 aliphatic rings. The van der Waals surface area contributed by atoms with E-state index < -0.39 is 11.9 Å². The lowest BCUT2D eigenvalue weighted by Gasteiger charge is -2.10. The summed E-state index contributed by atoms with van der Waals surface area (Å²) in [5.41, 5.74) is 0.302. The van der Waals surface area contributed by atoms with Crippen molar-refractivity contribution in [3.8, 4) is 5.75 Å². The number of hydrogen-bond acceptors (Lipinski definition) is 2. The molecule has 0 saturated heterocycles. The summed E-state index contributed by atoms with van der Waals surface area (Å²) in [7, 11) is 0. The van der Waals surface area contributed by atoms with Gasteiger partial charge < -0.3 is 9.84 Å². The van der Waals surface area contributed by atoms with Crippen LogP contribution >= 0.6 is 0 Å². The molecule has 0 saturated carbocycles. The molecule has 0 heterocycles. The van der Waals surface area contributed by atoms with Crippen LogP contribution in [-0.4, -0.2) is 11.7 Å². The maximum atomic E-state index is 13.4. The first-order chi connectivity index (χ1) is 7.50. The summed E-state index contributed by atoms with van der Waals surface area (Å²) < 4.78 is 18.9. The summed E-state index contributed by atoms with van der Waals surface area (Å²) in [4.78, 5) is 0. The van der Waals surface area contributed by atoms with Crippen LogP contribution < -0.4 is 4.74 Å². The summed E-state index contributed by atoms with van der Waals surface area (Å²) in [6, 6.07) is 4.57. The van der Waals surface area contributed by atoms with Crippen LogP contribution in [0, 0.1) is 11.7 Å². The fourth-order valence-corrected chi connectivity index (χ4v) is 1.35. The quantitative estimate of drug-likeness (QED) is 0.834. The molecule has 16 heavy (non-hydrogen) atoms. The Bertz CT molecular complexity index is 335. The molecule has 0 aromatic heterocycles. The van der Waals surface area contributed by atoms with Gasteiger partial charge in [0.15, 0.2) is 0 Å². The zero-order valence-electron chi connectivity index (χ0n) is 10.0. The van der Waals surface area contributed by atoms with E-state index in [2.05, 4.69) is 13.8 Å². The van der Waals surface area contributed by atoms with E-state index in [1.54, 1.807) is 12.1 Å². The van der Waals surface area contributed by atoms with Gasteiger partial charge in [0.2, 0.25) is 0 Å². The number of aliphatic hydroxyl groups excluding tert-OH is 1. The van der Waals surface area contributed by atoms with E-state index >= 15 is 0 Å². The highest BCUT2D eigenvalue weighted by Crippen LogP contribution is 2.21. The predicted octanol–water partition coefficient (Wildman–Crippen LogP) is 3.30. The first kappa shape index (κ1) is 13.0. The highest BCUT2D eigenvalue weighted by molar-refractivity contribution is 5.29. The molecule has 3 heteroatoms. The van der Waals surface area contributed by atoms with Gasteiger partial charge in [-0.15, -0.1) is 0 Å². The molecule has 0 spiro atoms. The molecule has 1 aromatic rings. The number of rotatable bonds is 5. The summed E-state index contributed by atoms with van der Waals surface area (Å²) in [5.74, 6) is 0.668. The molecule has 0 amide bonds. The van der Waals surface area contributed by atoms with E-state index in [1.165, 1.54) is 13.0 Å². The minimum absolute atomic E-state index is 0.302. The van der Waals surface area contributed by atoms with E-state index in [4.69, 9.17) is 4.74 Å². The van der Waals surface area contributed by atoms with E-state index in [9.17, 15) is 9.50 Å². The molecular formula is C13H19FO2. The number of hydrogen-bond donors (Lipinski definition) is 1. The second kappa shape index (κ2) is 5.85. The molecular weight excluding hydrogens is 207 g/mol. The van der Waals surface area contributed by atoms with Gasteiger partial charge in [-0.1, -0.05) is 13.8 Å². The van der Waals surface area contributed by atoms with Crippen molar-refractivity contribution >= 4 is 0 Å². The van der Waals surface area contributed by atoms with Gasteiger partial charge in [0.1, 0.15) is 11.6 Å². The van der Waals surface area contributed by atoms with Gasteiger partial charge >= 0.3 is 0 Å². The Morgan fingerprint density at radius 3 is 2.50 bits per heavy atom. The average Bonchev–Trinajstić information content (AvgIpc) is 2.16. The Hall–Kier alpha value is -1.09. The van der Waals surface area contributed by atoms with Crippen molar-refractivity contribution in [1.82, 2.24) is 0 Å².